The summed E-state index contributed by atoms with van der Waals surface area (Å²) in [6.07, 6.45) is 5.63. The molecule has 0 radical (unpaired) electrons. The monoisotopic (exact) mass is 235 g/mol. The first-order valence-corrected chi connectivity index (χ1v) is 5.86. The minimum atomic E-state index is 0.911. The molecule has 0 atom stereocenters. The Bertz CT molecular complexity index is 639. The highest BCUT2D eigenvalue weighted by Gasteiger charge is 2.07. The standard InChI is InChI=1S/C15H13N3/c1-12-7-8-13(11-17-12)15-16-9-10-18(15)14-5-3-2-4-6-14/h2-11H,1H3. The van der Waals surface area contributed by atoms with Crippen molar-refractivity contribution in [2.24, 2.45) is 0 Å². The van der Waals surface area contributed by atoms with Crippen LogP contribution < -0.4 is 0 Å². The zero-order valence-electron chi connectivity index (χ0n) is 10.1. The predicted molar refractivity (Wildman–Crippen MR) is 71.5 cm³/mol. The third kappa shape index (κ3) is 1.91. The summed E-state index contributed by atoms with van der Waals surface area (Å²) in [6, 6.07) is 14.2. The Balaban J connectivity index is 2.10. The van der Waals surface area contributed by atoms with Crippen LogP contribution in [0.25, 0.3) is 17.1 Å². The summed E-state index contributed by atoms with van der Waals surface area (Å²) in [6.45, 7) is 1.98. The summed E-state index contributed by atoms with van der Waals surface area (Å²) in [7, 11) is 0. The van der Waals surface area contributed by atoms with E-state index in [1.807, 2.05) is 55.8 Å². The van der Waals surface area contributed by atoms with E-state index in [0.717, 1.165) is 22.8 Å². The van der Waals surface area contributed by atoms with E-state index in [4.69, 9.17) is 0 Å². The van der Waals surface area contributed by atoms with Crippen molar-refractivity contribution in [1.82, 2.24) is 14.5 Å². The molecule has 0 aliphatic rings. The molecule has 0 aliphatic carbocycles. The zero-order valence-corrected chi connectivity index (χ0v) is 10.1. The average Bonchev–Trinajstić information content (AvgIpc) is 2.90. The van der Waals surface area contributed by atoms with Gasteiger partial charge in [-0.3, -0.25) is 9.55 Å². The van der Waals surface area contributed by atoms with Crippen LogP contribution in [0.5, 0.6) is 0 Å². The van der Waals surface area contributed by atoms with Crippen molar-refractivity contribution >= 4 is 0 Å². The van der Waals surface area contributed by atoms with E-state index in [9.17, 15) is 0 Å². The van der Waals surface area contributed by atoms with Crippen LogP contribution in [0.3, 0.4) is 0 Å². The molecule has 3 aromatic rings. The van der Waals surface area contributed by atoms with Gasteiger partial charge in [0.15, 0.2) is 0 Å². The summed E-state index contributed by atoms with van der Waals surface area (Å²) < 4.78 is 2.06. The smallest absolute Gasteiger partial charge is 0.146 e. The lowest BCUT2D eigenvalue weighted by Crippen LogP contribution is -1.96. The van der Waals surface area contributed by atoms with Gasteiger partial charge in [0.25, 0.3) is 0 Å². The summed E-state index contributed by atoms with van der Waals surface area (Å²) in [5, 5.41) is 0. The molecule has 3 nitrogen and oxygen atoms in total. The molecular weight excluding hydrogens is 222 g/mol. The summed E-state index contributed by atoms with van der Waals surface area (Å²) in [5.41, 5.74) is 3.14. The minimum Gasteiger partial charge on any atom is -0.300 e. The first-order chi connectivity index (χ1) is 8.84. The molecule has 3 rings (SSSR count). The maximum atomic E-state index is 4.42. The van der Waals surface area contributed by atoms with Gasteiger partial charge in [-0.25, -0.2) is 4.98 Å². The fraction of sp³-hybridized carbons (Fsp3) is 0.0667. The molecule has 2 aromatic heterocycles. The van der Waals surface area contributed by atoms with E-state index >= 15 is 0 Å². The number of pyridine rings is 1. The molecule has 1 aromatic carbocycles. The molecule has 0 N–H and O–H groups in total. The number of aryl methyl sites for hydroxylation is 1. The number of imidazole rings is 1. The van der Waals surface area contributed by atoms with E-state index in [-0.39, 0.29) is 0 Å². The lowest BCUT2D eigenvalue weighted by atomic mass is 10.2. The number of rotatable bonds is 2. The molecule has 88 valence electrons. The topological polar surface area (TPSA) is 30.7 Å². The molecule has 0 amide bonds. The molecule has 0 aliphatic heterocycles. The third-order valence-electron chi connectivity index (χ3n) is 2.84. The Labute approximate surface area is 106 Å². The molecule has 3 heteroatoms. The molecule has 0 bridgehead atoms. The van der Waals surface area contributed by atoms with E-state index in [2.05, 4.69) is 26.7 Å². The zero-order chi connectivity index (χ0) is 12.4. The second kappa shape index (κ2) is 4.45. The maximum absolute atomic E-state index is 4.42. The molecule has 0 saturated carbocycles. The van der Waals surface area contributed by atoms with Crippen LogP contribution in [0.4, 0.5) is 0 Å². The van der Waals surface area contributed by atoms with Gasteiger partial charge in [-0.15, -0.1) is 0 Å². The van der Waals surface area contributed by atoms with Crippen LogP contribution in [0, 0.1) is 6.92 Å². The van der Waals surface area contributed by atoms with Crippen molar-refractivity contribution in [2.75, 3.05) is 0 Å². The Morgan fingerprint density at radius 1 is 0.944 bits per heavy atom. The van der Waals surface area contributed by atoms with Gasteiger partial charge in [-0.2, -0.15) is 0 Å². The van der Waals surface area contributed by atoms with Crippen LogP contribution in [-0.4, -0.2) is 14.5 Å². The highest BCUT2D eigenvalue weighted by molar-refractivity contribution is 5.57. The molecule has 0 saturated heterocycles. The van der Waals surface area contributed by atoms with Gasteiger partial charge in [0.2, 0.25) is 0 Å². The maximum Gasteiger partial charge on any atom is 0.146 e. The van der Waals surface area contributed by atoms with Gasteiger partial charge >= 0.3 is 0 Å². The lowest BCUT2D eigenvalue weighted by molar-refractivity contribution is 1.06. The van der Waals surface area contributed by atoms with Crippen LogP contribution in [-0.2, 0) is 0 Å². The van der Waals surface area contributed by atoms with E-state index in [1.165, 1.54) is 0 Å². The van der Waals surface area contributed by atoms with E-state index in [0.29, 0.717) is 0 Å². The number of hydrogen-bond donors (Lipinski definition) is 0. The van der Waals surface area contributed by atoms with Crippen molar-refractivity contribution in [3.05, 3.63) is 66.7 Å². The fourth-order valence-corrected chi connectivity index (χ4v) is 1.91. The normalized spacial score (nSPS) is 10.5. The largest absolute Gasteiger partial charge is 0.300 e. The number of para-hydroxylation sites is 1. The second-order valence-corrected chi connectivity index (χ2v) is 4.14. The molecule has 18 heavy (non-hydrogen) atoms. The average molecular weight is 235 g/mol. The highest BCUT2D eigenvalue weighted by atomic mass is 15.1. The van der Waals surface area contributed by atoms with Crippen LogP contribution in [0.1, 0.15) is 5.69 Å². The van der Waals surface area contributed by atoms with E-state index < -0.39 is 0 Å². The van der Waals surface area contributed by atoms with Crippen LogP contribution in [0.2, 0.25) is 0 Å². The number of hydrogen-bond acceptors (Lipinski definition) is 2. The van der Waals surface area contributed by atoms with Gasteiger partial charge in [-0.05, 0) is 31.2 Å². The van der Waals surface area contributed by atoms with Crippen molar-refractivity contribution in [3.63, 3.8) is 0 Å². The van der Waals surface area contributed by atoms with Gasteiger partial charge in [0.05, 0.1) is 0 Å². The van der Waals surface area contributed by atoms with Gasteiger partial charge in [0.1, 0.15) is 5.82 Å². The van der Waals surface area contributed by atoms with Crippen molar-refractivity contribution in [2.45, 2.75) is 6.92 Å². The van der Waals surface area contributed by atoms with Gasteiger partial charge in [-0.1, -0.05) is 18.2 Å². The molecule has 0 fully saturated rings. The third-order valence-corrected chi connectivity index (χ3v) is 2.84. The Kier molecular flexibility index (Phi) is 2.65. The quantitative estimate of drug-likeness (QED) is 0.682. The molecule has 2 heterocycles. The van der Waals surface area contributed by atoms with Crippen molar-refractivity contribution in [1.29, 1.82) is 0 Å². The number of aromatic nitrogens is 3. The van der Waals surface area contributed by atoms with Crippen molar-refractivity contribution in [3.8, 4) is 17.1 Å². The highest BCUT2D eigenvalue weighted by Crippen LogP contribution is 2.20. The Morgan fingerprint density at radius 3 is 2.50 bits per heavy atom. The summed E-state index contributed by atoms with van der Waals surface area (Å²) in [4.78, 5) is 8.73. The summed E-state index contributed by atoms with van der Waals surface area (Å²) in [5.74, 6) is 0.911. The van der Waals surface area contributed by atoms with Gasteiger partial charge < -0.3 is 0 Å². The number of nitrogens with zero attached hydrogens (tertiary/aromatic N) is 3. The van der Waals surface area contributed by atoms with Crippen LogP contribution >= 0.6 is 0 Å². The minimum absolute atomic E-state index is 0.911. The first kappa shape index (κ1) is 10.7. The first-order valence-electron chi connectivity index (χ1n) is 5.86. The van der Waals surface area contributed by atoms with Crippen LogP contribution in [0.15, 0.2) is 61.1 Å². The second-order valence-electron chi connectivity index (χ2n) is 4.14. The molecular formula is C15H13N3. The number of benzene rings is 1. The molecule has 0 unspecified atom stereocenters. The fourth-order valence-electron chi connectivity index (χ4n) is 1.91. The Hall–Kier alpha value is -2.42. The van der Waals surface area contributed by atoms with E-state index in [1.54, 1.807) is 0 Å². The summed E-state index contributed by atoms with van der Waals surface area (Å²) >= 11 is 0. The SMILES string of the molecule is Cc1ccc(-c2nccn2-c2ccccc2)cn1. The van der Waals surface area contributed by atoms with Crippen molar-refractivity contribution < 1.29 is 0 Å². The molecule has 0 spiro atoms. The Morgan fingerprint density at radius 2 is 1.78 bits per heavy atom. The van der Waals surface area contributed by atoms with Gasteiger partial charge in [0, 0.05) is 35.5 Å². The lowest BCUT2D eigenvalue weighted by Gasteiger charge is -2.07. The predicted octanol–water partition coefficient (Wildman–Crippen LogP) is 3.24.